The molecule has 0 spiro atoms. The Morgan fingerprint density at radius 3 is 2.74 bits per heavy atom. The van der Waals surface area contributed by atoms with Gasteiger partial charge in [-0.15, -0.1) is 0 Å². The fourth-order valence-corrected chi connectivity index (χ4v) is 5.48. The minimum atomic E-state index is 0.345. The SMILES string of the molecule is CCSC1CCCC1N1C(=O)CNC1C1CCCC1. The highest BCUT2D eigenvalue weighted by molar-refractivity contribution is 7.99. The smallest absolute Gasteiger partial charge is 0.238 e. The van der Waals surface area contributed by atoms with Gasteiger partial charge in [-0.2, -0.15) is 11.8 Å². The second kappa shape index (κ2) is 6.04. The molecule has 0 aromatic rings. The van der Waals surface area contributed by atoms with Gasteiger partial charge < -0.3 is 4.90 Å². The number of rotatable bonds is 4. The Morgan fingerprint density at radius 2 is 2.00 bits per heavy atom. The first-order chi connectivity index (χ1) is 9.31. The molecule has 3 rings (SSSR count). The van der Waals surface area contributed by atoms with Crippen molar-refractivity contribution in [3.8, 4) is 0 Å². The summed E-state index contributed by atoms with van der Waals surface area (Å²) in [4.78, 5) is 14.6. The van der Waals surface area contributed by atoms with Gasteiger partial charge in [0.15, 0.2) is 0 Å². The predicted molar refractivity (Wildman–Crippen MR) is 80.2 cm³/mol. The quantitative estimate of drug-likeness (QED) is 0.860. The van der Waals surface area contributed by atoms with Gasteiger partial charge in [-0.05, 0) is 37.4 Å². The molecule has 108 valence electrons. The zero-order valence-electron chi connectivity index (χ0n) is 11.9. The van der Waals surface area contributed by atoms with Crippen molar-refractivity contribution in [3.63, 3.8) is 0 Å². The van der Waals surface area contributed by atoms with Gasteiger partial charge in [0.05, 0.1) is 12.7 Å². The summed E-state index contributed by atoms with van der Waals surface area (Å²) in [6.45, 7) is 2.81. The molecular weight excluding hydrogens is 256 g/mol. The van der Waals surface area contributed by atoms with Crippen molar-refractivity contribution in [3.05, 3.63) is 0 Å². The van der Waals surface area contributed by atoms with Gasteiger partial charge in [-0.1, -0.05) is 26.2 Å². The lowest BCUT2D eigenvalue weighted by Gasteiger charge is -2.36. The Labute approximate surface area is 120 Å². The van der Waals surface area contributed by atoms with Gasteiger partial charge in [0.2, 0.25) is 5.91 Å². The van der Waals surface area contributed by atoms with Gasteiger partial charge in [-0.3, -0.25) is 10.1 Å². The van der Waals surface area contributed by atoms with E-state index in [9.17, 15) is 4.79 Å². The maximum atomic E-state index is 12.3. The van der Waals surface area contributed by atoms with E-state index in [4.69, 9.17) is 0 Å². The molecule has 1 saturated heterocycles. The Balaban J connectivity index is 1.73. The molecule has 1 amide bonds. The summed E-state index contributed by atoms with van der Waals surface area (Å²) in [6, 6.07) is 0.498. The number of nitrogens with one attached hydrogen (secondary N) is 1. The number of carbonyl (C=O) groups excluding carboxylic acids is 1. The van der Waals surface area contributed by atoms with Crippen molar-refractivity contribution < 1.29 is 4.79 Å². The van der Waals surface area contributed by atoms with E-state index in [1.54, 1.807) is 0 Å². The molecule has 4 heteroatoms. The third kappa shape index (κ3) is 2.66. The molecule has 3 fully saturated rings. The first-order valence-electron chi connectivity index (χ1n) is 7.97. The van der Waals surface area contributed by atoms with Crippen LogP contribution in [0.5, 0.6) is 0 Å². The Kier molecular flexibility index (Phi) is 4.37. The summed E-state index contributed by atoms with van der Waals surface area (Å²) < 4.78 is 0. The number of hydrogen-bond acceptors (Lipinski definition) is 3. The van der Waals surface area contributed by atoms with Crippen LogP contribution in [0.3, 0.4) is 0 Å². The average molecular weight is 282 g/mol. The Hall–Kier alpha value is -0.220. The zero-order valence-corrected chi connectivity index (χ0v) is 12.8. The second-order valence-corrected chi connectivity index (χ2v) is 7.68. The van der Waals surface area contributed by atoms with Gasteiger partial charge in [0.1, 0.15) is 0 Å². The van der Waals surface area contributed by atoms with Crippen LogP contribution in [0, 0.1) is 5.92 Å². The Morgan fingerprint density at radius 1 is 1.21 bits per heavy atom. The maximum Gasteiger partial charge on any atom is 0.238 e. The van der Waals surface area contributed by atoms with Crippen molar-refractivity contribution in [2.45, 2.75) is 69.3 Å². The van der Waals surface area contributed by atoms with Crippen LogP contribution in [0.1, 0.15) is 51.9 Å². The van der Waals surface area contributed by atoms with Crippen molar-refractivity contribution in [1.82, 2.24) is 10.2 Å². The summed E-state index contributed by atoms with van der Waals surface area (Å²) in [5.74, 6) is 2.23. The largest absolute Gasteiger partial charge is 0.322 e. The standard InChI is InChI=1S/C15H26N2OS/c1-2-19-13-9-5-8-12(13)17-14(18)10-16-15(17)11-6-3-4-7-11/h11-13,15-16H,2-10H2,1H3. The molecule has 3 unspecified atom stereocenters. The fraction of sp³-hybridized carbons (Fsp3) is 0.933. The number of amides is 1. The number of nitrogens with zero attached hydrogens (tertiary/aromatic N) is 1. The van der Waals surface area contributed by atoms with Gasteiger partial charge >= 0.3 is 0 Å². The summed E-state index contributed by atoms with van der Waals surface area (Å²) in [6.07, 6.45) is 9.46. The highest BCUT2D eigenvalue weighted by atomic mass is 32.2. The summed E-state index contributed by atoms with van der Waals surface area (Å²) in [7, 11) is 0. The van der Waals surface area contributed by atoms with E-state index in [1.807, 2.05) is 0 Å². The lowest BCUT2D eigenvalue weighted by atomic mass is 10.0. The van der Waals surface area contributed by atoms with Crippen LogP contribution >= 0.6 is 11.8 Å². The summed E-state index contributed by atoms with van der Waals surface area (Å²) >= 11 is 2.06. The molecule has 2 aliphatic carbocycles. The van der Waals surface area contributed by atoms with E-state index in [0.29, 0.717) is 35.8 Å². The first kappa shape index (κ1) is 13.7. The van der Waals surface area contributed by atoms with E-state index < -0.39 is 0 Å². The molecule has 2 saturated carbocycles. The van der Waals surface area contributed by atoms with Gasteiger partial charge in [0.25, 0.3) is 0 Å². The van der Waals surface area contributed by atoms with Crippen molar-refractivity contribution in [1.29, 1.82) is 0 Å². The molecule has 19 heavy (non-hydrogen) atoms. The highest BCUT2D eigenvalue weighted by Gasteiger charge is 2.44. The van der Waals surface area contributed by atoms with Gasteiger partial charge in [-0.25, -0.2) is 0 Å². The molecule has 0 aromatic carbocycles. The van der Waals surface area contributed by atoms with Crippen LogP contribution in [-0.4, -0.2) is 40.6 Å². The topological polar surface area (TPSA) is 32.3 Å². The van der Waals surface area contributed by atoms with E-state index in [-0.39, 0.29) is 0 Å². The normalized spacial score (nSPS) is 36.6. The van der Waals surface area contributed by atoms with E-state index >= 15 is 0 Å². The average Bonchev–Trinajstić information content (AvgIpc) is 3.09. The van der Waals surface area contributed by atoms with Crippen LogP contribution in [0.15, 0.2) is 0 Å². The molecular formula is C15H26N2OS. The third-order valence-electron chi connectivity index (χ3n) is 5.05. The van der Waals surface area contributed by atoms with E-state index in [1.165, 1.54) is 50.7 Å². The van der Waals surface area contributed by atoms with Crippen LogP contribution < -0.4 is 5.32 Å². The molecule has 0 bridgehead atoms. The highest BCUT2D eigenvalue weighted by Crippen LogP contribution is 2.38. The number of carbonyl (C=O) groups is 1. The molecule has 3 aliphatic rings. The zero-order chi connectivity index (χ0) is 13.2. The van der Waals surface area contributed by atoms with Crippen molar-refractivity contribution >= 4 is 17.7 Å². The van der Waals surface area contributed by atoms with Crippen LogP contribution in [-0.2, 0) is 4.79 Å². The first-order valence-corrected chi connectivity index (χ1v) is 9.02. The molecule has 1 N–H and O–H groups in total. The monoisotopic (exact) mass is 282 g/mol. The predicted octanol–water partition coefficient (Wildman–Crippen LogP) is 2.61. The lowest BCUT2D eigenvalue weighted by Crippen LogP contribution is -2.50. The van der Waals surface area contributed by atoms with Crippen LogP contribution in [0.2, 0.25) is 0 Å². The van der Waals surface area contributed by atoms with E-state index in [0.717, 1.165) is 0 Å². The van der Waals surface area contributed by atoms with Crippen molar-refractivity contribution in [2.24, 2.45) is 5.92 Å². The molecule has 1 aliphatic heterocycles. The molecule has 3 nitrogen and oxygen atoms in total. The Bertz CT molecular complexity index is 330. The number of thioether (sulfide) groups is 1. The third-order valence-corrected chi connectivity index (χ3v) is 6.36. The maximum absolute atomic E-state index is 12.3. The minimum absolute atomic E-state index is 0.345. The van der Waals surface area contributed by atoms with E-state index in [2.05, 4.69) is 28.9 Å². The molecule has 0 radical (unpaired) electrons. The van der Waals surface area contributed by atoms with Crippen LogP contribution in [0.25, 0.3) is 0 Å². The fourth-order valence-electron chi connectivity index (χ4n) is 4.23. The minimum Gasteiger partial charge on any atom is -0.322 e. The van der Waals surface area contributed by atoms with Crippen LogP contribution in [0.4, 0.5) is 0 Å². The second-order valence-electron chi connectivity index (χ2n) is 6.16. The van der Waals surface area contributed by atoms with Crippen molar-refractivity contribution in [2.75, 3.05) is 12.3 Å². The molecule has 1 heterocycles. The lowest BCUT2D eigenvalue weighted by molar-refractivity contribution is -0.130. The molecule has 0 aromatic heterocycles. The molecule has 3 atom stereocenters. The summed E-state index contributed by atoms with van der Waals surface area (Å²) in [5.41, 5.74) is 0. The summed E-state index contributed by atoms with van der Waals surface area (Å²) in [5, 5.41) is 4.18. The number of hydrogen-bond donors (Lipinski definition) is 1. The van der Waals surface area contributed by atoms with Gasteiger partial charge in [0, 0.05) is 11.3 Å².